The van der Waals surface area contributed by atoms with Crippen LogP contribution in [0.15, 0.2) is 78.9 Å². The van der Waals surface area contributed by atoms with Crippen LogP contribution in [-0.4, -0.2) is 11.8 Å². The molecule has 2 amide bonds. The van der Waals surface area contributed by atoms with Crippen LogP contribution < -0.4 is 10.2 Å². The molecule has 3 aromatic rings. The zero-order chi connectivity index (χ0) is 19.9. The molecule has 4 nitrogen and oxygen atoms in total. The molecule has 0 spiro atoms. The smallest absolute Gasteiger partial charge is 0.236 e. The van der Waals surface area contributed by atoms with Crippen LogP contribution in [0.2, 0.25) is 0 Å². The summed E-state index contributed by atoms with van der Waals surface area (Å²) in [4.78, 5) is 26.5. The van der Waals surface area contributed by atoms with Crippen LogP contribution in [0, 0.1) is 11.6 Å². The lowest BCUT2D eigenvalue weighted by Gasteiger charge is -2.23. The number of para-hydroxylation sites is 1. The van der Waals surface area contributed by atoms with Crippen LogP contribution in [-0.2, 0) is 16.1 Å². The fourth-order valence-electron chi connectivity index (χ4n) is 2.72. The quantitative estimate of drug-likeness (QED) is 0.639. The van der Waals surface area contributed by atoms with E-state index in [1.807, 2.05) is 36.4 Å². The average Bonchev–Trinajstić information content (AvgIpc) is 2.69. The average molecular weight is 380 g/mol. The maximum atomic E-state index is 13.7. The molecule has 3 aromatic carbocycles. The van der Waals surface area contributed by atoms with Crippen LogP contribution in [0.4, 0.5) is 20.2 Å². The number of nitrogens with zero attached hydrogens (tertiary/aromatic N) is 1. The summed E-state index contributed by atoms with van der Waals surface area (Å²) in [5.74, 6) is -2.76. The van der Waals surface area contributed by atoms with Crippen molar-refractivity contribution in [2.24, 2.45) is 0 Å². The van der Waals surface area contributed by atoms with Gasteiger partial charge in [0.05, 0.1) is 12.2 Å². The van der Waals surface area contributed by atoms with E-state index in [-0.39, 0.29) is 5.69 Å². The predicted molar refractivity (Wildman–Crippen MR) is 104 cm³/mol. The molecule has 0 unspecified atom stereocenters. The number of carbonyl (C=O) groups excluding carboxylic acids is 2. The van der Waals surface area contributed by atoms with Gasteiger partial charge in [0, 0.05) is 11.8 Å². The third-order valence-corrected chi connectivity index (χ3v) is 4.07. The molecule has 0 radical (unpaired) electrons. The lowest BCUT2D eigenvalue weighted by molar-refractivity contribution is -0.125. The molecule has 0 bridgehead atoms. The number of carbonyl (C=O) groups is 2. The van der Waals surface area contributed by atoms with Crippen LogP contribution in [0.5, 0.6) is 0 Å². The molecular weight excluding hydrogens is 362 g/mol. The normalized spacial score (nSPS) is 10.4. The second-order valence-electron chi connectivity index (χ2n) is 6.15. The van der Waals surface area contributed by atoms with Gasteiger partial charge in [-0.05, 0) is 29.8 Å². The lowest BCUT2D eigenvalue weighted by Crippen LogP contribution is -2.33. The van der Waals surface area contributed by atoms with Gasteiger partial charge in [-0.25, -0.2) is 8.78 Å². The maximum Gasteiger partial charge on any atom is 0.236 e. The maximum absolute atomic E-state index is 13.7. The first-order chi connectivity index (χ1) is 13.5. The predicted octanol–water partition coefficient (Wildman–Crippen LogP) is 4.53. The molecule has 6 heteroatoms. The minimum Gasteiger partial charge on any atom is -0.323 e. The van der Waals surface area contributed by atoms with Crippen molar-refractivity contribution in [1.29, 1.82) is 0 Å². The summed E-state index contributed by atoms with van der Waals surface area (Å²) in [6, 6.07) is 21.2. The van der Waals surface area contributed by atoms with Crippen LogP contribution in [0.3, 0.4) is 0 Å². The van der Waals surface area contributed by atoms with Crippen LogP contribution in [0.25, 0.3) is 0 Å². The number of benzene rings is 3. The number of anilines is 2. The summed E-state index contributed by atoms with van der Waals surface area (Å²) in [6.45, 7) is 0.294. The third-order valence-electron chi connectivity index (χ3n) is 4.07. The van der Waals surface area contributed by atoms with Gasteiger partial charge in [-0.3, -0.25) is 9.59 Å². The van der Waals surface area contributed by atoms with E-state index in [1.54, 1.807) is 24.3 Å². The fraction of sp³-hybridized carbons (Fsp3) is 0.0909. The lowest BCUT2D eigenvalue weighted by atomic mass is 10.1. The molecule has 0 saturated heterocycles. The zero-order valence-electron chi connectivity index (χ0n) is 14.9. The summed E-state index contributed by atoms with van der Waals surface area (Å²) in [7, 11) is 0. The van der Waals surface area contributed by atoms with Crippen molar-refractivity contribution < 1.29 is 18.4 Å². The van der Waals surface area contributed by atoms with E-state index < -0.39 is 29.9 Å². The van der Waals surface area contributed by atoms with Crippen molar-refractivity contribution >= 4 is 23.2 Å². The van der Waals surface area contributed by atoms with Gasteiger partial charge in [0.25, 0.3) is 0 Å². The number of rotatable bonds is 6. The second kappa shape index (κ2) is 8.90. The van der Waals surface area contributed by atoms with E-state index in [9.17, 15) is 18.4 Å². The highest BCUT2D eigenvalue weighted by Crippen LogP contribution is 2.19. The first-order valence-electron chi connectivity index (χ1n) is 8.67. The van der Waals surface area contributed by atoms with Gasteiger partial charge in [-0.1, -0.05) is 48.5 Å². The van der Waals surface area contributed by atoms with Gasteiger partial charge in [0.1, 0.15) is 18.1 Å². The molecule has 0 aliphatic carbocycles. The van der Waals surface area contributed by atoms with Gasteiger partial charge >= 0.3 is 0 Å². The number of hydrogen-bond acceptors (Lipinski definition) is 2. The molecule has 0 heterocycles. The third kappa shape index (κ3) is 5.01. The van der Waals surface area contributed by atoms with Crippen LogP contribution in [0.1, 0.15) is 12.0 Å². The van der Waals surface area contributed by atoms with Crippen molar-refractivity contribution in [3.8, 4) is 0 Å². The van der Waals surface area contributed by atoms with Crippen molar-refractivity contribution in [2.75, 3.05) is 10.2 Å². The minimum absolute atomic E-state index is 0.173. The highest BCUT2D eigenvalue weighted by molar-refractivity contribution is 6.09. The van der Waals surface area contributed by atoms with Crippen molar-refractivity contribution in [3.05, 3.63) is 96.1 Å². The van der Waals surface area contributed by atoms with Crippen molar-refractivity contribution in [2.45, 2.75) is 13.0 Å². The Kier molecular flexibility index (Phi) is 6.11. The Morgan fingerprint density at radius 2 is 1.50 bits per heavy atom. The topological polar surface area (TPSA) is 49.4 Å². The Bertz CT molecular complexity index is 963. The highest BCUT2D eigenvalue weighted by Gasteiger charge is 2.20. The zero-order valence-corrected chi connectivity index (χ0v) is 14.9. The molecular formula is C22H18F2N2O2. The monoisotopic (exact) mass is 380 g/mol. The minimum atomic E-state index is -0.898. The number of hydrogen-bond donors (Lipinski definition) is 1. The van der Waals surface area contributed by atoms with E-state index in [0.717, 1.165) is 17.7 Å². The van der Waals surface area contributed by atoms with Gasteiger partial charge in [-0.2, -0.15) is 0 Å². The first kappa shape index (κ1) is 19.2. The Balaban J connectivity index is 1.74. The summed E-state index contributed by atoms with van der Waals surface area (Å²) in [5, 5.41) is 2.31. The van der Waals surface area contributed by atoms with E-state index in [1.165, 1.54) is 4.90 Å². The first-order valence-corrected chi connectivity index (χ1v) is 8.67. The van der Waals surface area contributed by atoms with Gasteiger partial charge in [-0.15, -0.1) is 0 Å². The van der Waals surface area contributed by atoms with E-state index >= 15 is 0 Å². The van der Waals surface area contributed by atoms with E-state index in [0.29, 0.717) is 18.3 Å². The molecule has 1 N–H and O–H groups in total. The van der Waals surface area contributed by atoms with Gasteiger partial charge in [0.15, 0.2) is 0 Å². The Morgan fingerprint density at radius 3 is 2.14 bits per heavy atom. The standard InChI is InChI=1S/C22H18F2N2O2/c23-17-11-12-20(19(24)13-17)25-21(27)14-22(28)26(18-9-5-2-6-10-18)15-16-7-3-1-4-8-16/h1-13H,14-15H2,(H,25,27). The summed E-state index contributed by atoms with van der Waals surface area (Å²) < 4.78 is 26.7. The Morgan fingerprint density at radius 1 is 0.857 bits per heavy atom. The largest absolute Gasteiger partial charge is 0.323 e. The molecule has 0 atom stereocenters. The van der Waals surface area contributed by atoms with E-state index in [4.69, 9.17) is 0 Å². The summed E-state index contributed by atoms with van der Waals surface area (Å²) in [5.41, 5.74) is 1.38. The SMILES string of the molecule is O=C(CC(=O)N(Cc1ccccc1)c1ccccc1)Nc1ccc(F)cc1F. The van der Waals surface area contributed by atoms with Gasteiger partial charge in [0.2, 0.25) is 11.8 Å². The Labute approximate surface area is 161 Å². The molecule has 28 heavy (non-hydrogen) atoms. The van der Waals surface area contributed by atoms with E-state index in [2.05, 4.69) is 5.32 Å². The molecule has 3 rings (SSSR count). The summed E-state index contributed by atoms with van der Waals surface area (Å²) >= 11 is 0. The fourth-order valence-corrected chi connectivity index (χ4v) is 2.72. The molecule has 0 saturated carbocycles. The van der Waals surface area contributed by atoms with Crippen molar-refractivity contribution in [3.63, 3.8) is 0 Å². The second-order valence-corrected chi connectivity index (χ2v) is 6.15. The van der Waals surface area contributed by atoms with Crippen molar-refractivity contribution in [1.82, 2.24) is 0 Å². The molecule has 0 fully saturated rings. The molecule has 0 aliphatic heterocycles. The van der Waals surface area contributed by atoms with Gasteiger partial charge < -0.3 is 10.2 Å². The number of amides is 2. The number of nitrogens with one attached hydrogen (secondary N) is 1. The molecule has 142 valence electrons. The summed E-state index contributed by atoms with van der Waals surface area (Å²) in [6.07, 6.45) is -0.474. The molecule has 0 aliphatic rings. The highest BCUT2D eigenvalue weighted by atomic mass is 19.1. The Hall–Kier alpha value is -3.54. The number of halogens is 2. The molecule has 0 aromatic heterocycles. The van der Waals surface area contributed by atoms with Crippen LogP contribution >= 0.6 is 0 Å².